The van der Waals surface area contributed by atoms with Crippen LogP contribution in [0, 0.1) is 0 Å². The normalized spacial score (nSPS) is 18.1. The molecule has 0 saturated carbocycles. The van der Waals surface area contributed by atoms with Crippen LogP contribution in [0.25, 0.3) is 0 Å². The van der Waals surface area contributed by atoms with Gasteiger partial charge in [0.1, 0.15) is 0 Å². The van der Waals surface area contributed by atoms with Crippen molar-refractivity contribution >= 4 is 5.91 Å². The van der Waals surface area contributed by atoms with Crippen LogP contribution >= 0.6 is 0 Å². The number of rotatable bonds is 1. The fourth-order valence-electron chi connectivity index (χ4n) is 0.140. The summed E-state index contributed by atoms with van der Waals surface area (Å²) < 4.78 is 35.0. The molecule has 60 valence electrons. The van der Waals surface area contributed by atoms with Crippen molar-refractivity contribution in [2.24, 2.45) is 11.5 Å². The molecule has 1 atom stereocenters. The van der Waals surface area contributed by atoms with Crippen LogP contribution < -0.4 is 11.5 Å². The van der Waals surface area contributed by atoms with E-state index in [-0.39, 0.29) is 0 Å². The minimum Gasteiger partial charge on any atom is -0.368 e. The Hall–Kier alpha value is -0.780. The van der Waals surface area contributed by atoms with Crippen LogP contribution in [0.3, 0.4) is 0 Å². The molecule has 1 amide bonds. The number of amides is 1. The van der Waals surface area contributed by atoms with Crippen molar-refractivity contribution in [1.82, 2.24) is 0 Å². The summed E-state index contributed by atoms with van der Waals surface area (Å²) in [7, 11) is 0. The highest BCUT2D eigenvalue weighted by atomic mass is 19.4. The highest BCUT2D eigenvalue weighted by Crippen LogP contribution is 2.27. The molecular formula is C4H7F3N2O. The van der Waals surface area contributed by atoms with Gasteiger partial charge in [0, 0.05) is 0 Å². The molecule has 0 radical (unpaired) electrons. The maximum Gasteiger partial charge on any atom is 0.415 e. The second kappa shape index (κ2) is 2.12. The molecule has 10 heavy (non-hydrogen) atoms. The van der Waals surface area contributed by atoms with Crippen LogP contribution in [0.15, 0.2) is 0 Å². The van der Waals surface area contributed by atoms with Gasteiger partial charge >= 0.3 is 6.18 Å². The van der Waals surface area contributed by atoms with Crippen LogP contribution in [-0.4, -0.2) is 17.6 Å². The highest BCUT2D eigenvalue weighted by Gasteiger charge is 2.52. The number of halogens is 3. The fourth-order valence-corrected chi connectivity index (χ4v) is 0.140. The molecule has 0 aromatic carbocycles. The van der Waals surface area contributed by atoms with Gasteiger partial charge in [-0.1, -0.05) is 0 Å². The molecule has 0 unspecified atom stereocenters. The molecule has 6 heteroatoms. The number of nitrogens with two attached hydrogens (primary N) is 2. The Balaban J connectivity index is 4.57. The zero-order valence-electron chi connectivity index (χ0n) is 5.20. The Morgan fingerprint density at radius 1 is 1.40 bits per heavy atom. The van der Waals surface area contributed by atoms with E-state index in [1.807, 2.05) is 0 Å². The third kappa shape index (κ3) is 1.38. The van der Waals surface area contributed by atoms with Crippen molar-refractivity contribution in [2.75, 3.05) is 0 Å². The zero-order chi connectivity index (χ0) is 8.58. The van der Waals surface area contributed by atoms with Gasteiger partial charge in [0.25, 0.3) is 0 Å². The molecule has 0 aromatic heterocycles. The van der Waals surface area contributed by atoms with Crippen LogP contribution in [0.1, 0.15) is 6.92 Å². The number of primary amides is 1. The van der Waals surface area contributed by atoms with Gasteiger partial charge in [-0.05, 0) is 6.92 Å². The van der Waals surface area contributed by atoms with E-state index < -0.39 is 17.6 Å². The third-order valence-electron chi connectivity index (χ3n) is 1.10. The summed E-state index contributed by atoms with van der Waals surface area (Å²) in [5, 5.41) is 0. The average molecular weight is 156 g/mol. The Bertz CT molecular complexity index is 151. The Morgan fingerprint density at radius 2 is 1.70 bits per heavy atom. The monoisotopic (exact) mass is 156 g/mol. The van der Waals surface area contributed by atoms with Crippen molar-refractivity contribution in [3.63, 3.8) is 0 Å². The molecule has 0 aliphatic rings. The summed E-state index contributed by atoms with van der Waals surface area (Å²) in [5.74, 6) is -1.58. The van der Waals surface area contributed by atoms with Gasteiger partial charge in [-0.3, -0.25) is 4.79 Å². The van der Waals surface area contributed by atoms with Crippen LogP contribution in [-0.2, 0) is 4.79 Å². The summed E-state index contributed by atoms with van der Waals surface area (Å²) in [6.07, 6.45) is -4.78. The van der Waals surface area contributed by atoms with E-state index in [4.69, 9.17) is 0 Å². The molecule has 0 aliphatic heterocycles. The minimum atomic E-state index is -4.78. The maximum atomic E-state index is 11.7. The standard InChI is InChI=1S/C4H7F3N2O/c1-3(9,2(8)10)4(5,6)7/h9H2,1H3,(H2,8,10)/t3-/m1/s1. The van der Waals surface area contributed by atoms with Crippen LogP contribution in [0.4, 0.5) is 13.2 Å². The molecule has 0 saturated heterocycles. The van der Waals surface area contributed by atoms with Crippen molar-refractivity contribution in [3.05, 3.63) is 0 Å². The fraction of sp³-hybridized carbons (Fsp3) is 0.750. The summed E-state index contributed by atoms with van der Waals surface area (Å²) in [6.45, 7) is 0.523. The summed E-state index contributed by atoms with van der Waals surface area (Å²) in [6, 6.07) is 0. The van der Waals surface area contributed by atoms with Gasteiger partial charge < -0.3 is 11.5 Å². The molecule has 3 nitrogen and oxygen atoms in total. The van der Waals surface area contributed by atoms with Crippen molar-refractivity contribution in [3.8, 4) is 0 Å². The lowest BCUT2D eigenvalue weighted by molar-refractivity contribution is -0.185. The van der Waals surface area contributed by atoms with E-state index in [1.54, 1.807) is 0 Å². The lowest BCUT2D eigenvalue weighted by atomic mass is 10.0. The Labute approximate surface area is 55.2 Å². The van der Waals surface area contributed by atoms with Gasteiger partial charge in [-0.2, -0.15) is 13.2 Å². The van der Waals surface area contributed by atoms with E-state index in [0.29, 0.717) is 6.92 Å². The largest absolute Gasteiger partial charge is 0.415 e. The van der Waals surface area contributed by atoms with E-state index in [9.17, 15) is 18.0 Å². The van der Waals surface area contributed by atoms with E-state index >= 15 is 0 Å². The van der Waals surface area contributed by atoms with Crippen LogP contribution in [0.5, 0.6) is 0 Å². The molecule has 0 bridgehead atoms. The number of carbonyl (C=O) groups is 1. The number of alkyl halides is 3. The first-order valence-corrected chi connectivity index (χ1v) is 2.35. The van der Waals surface area contributed by atoms with E-state index in [1.165, 1.54) is 0 Å². The van der Waals surface area contributed by atoms with Crippen molar-refractivity contribution in [1.29, 1.82) is 0 Å². The second-order valence-electron chi connectivity index (χ2n) is 2.06. The van der Waals surface area contributed by atoms with Crippen molar-refractivity contribution in [2.45, 2.75) is 18.6 Å². The average Bonchev–Trinajstić information content (AvgIpc) is 1.62. The molecule has 0 aromatic rings. The first kappa shape index (κ1) is 9.22. The predicted molar refractivity (Wildman–Crippen MR) is 27.8 cm³/mol. The van der Waals surface area contributed by atoms with E-state index in [2.05, 4.69) is 11.5 Å². The first-order chi connectivity index (χ1) is 4.19. The minimum absolute atomic E-state index is 0.523. The molecule has 0 rings (SSSR count). The third-order valence-corrected chi connectivity index (χ3v) is 1.10. The SMILES string of the molecule is C[C@@](N)(C(N)=O)C(F)(F)F. The Morgan fingerprint density at radius 3 is 1.70 bits per heavy atom. The molecule has 4 N–H and O–H groups in total. The molecular weight excluding hydrogens is 149 g/mol. The molecule has 0 spiro atoms. The van der Waals surface area contributed by atoms with Gasteiger partial charge in [0.15, 0.2) is 5.54 Å². The topological polar surface area (TPSA) is 69.1 Å². The van der Waals surface area contributed by atoms with Gasteiger partial charge in [0.05, 0.1) is 0 Å². The molecule has 0 aliphatic carbocycles. The van der Waals surface area contributed by atoms with Gasteiger partial charge in [0.2, 0.25) is 5.91 Å². The number of hydrogen-bond acceptors (Lipinski definition) is 2. The second-order valence-corrected chi connectivity index (χ2v) is 2.06. The smallest absolute Gasteiger partial charge is 0.368 e. The summed E-state index contributed by atoms with van der Waals surface area (Å²) in [4.78, 5) is 10.0. The Kier molecular flexibility index (Phi) is 1.95. The maximum absolute atomic E-state index is 11.7. The van der Waals surface area contributed by atoms with Gasteiger partial charge in [-0.25, -0.2) is 0 Å². The summed E-state index contributed by atoms with van der Waals surface area (Å²) in [5.41, 5.74) is 5.99. The van der Waals surface area contributed by atoms with E-state index in [0.717, 1.165) is 0 Å². The zero-order valence-corrected chi connectivity index (χ0v) is 5.20. The quantitative estimate of drug-likeness (QED) is 0.549. The lowest BCUT2D eigenvalue weighted by Crippen LogP contribution is -2.59. The number of carbonyl (C=O) groups excluding carboxylic acids is 1. The lowest BCUT2D eigenvalue weighted by Gasteiger charge is -2.23. The molecule has 0 fully saturated rings. The first-order valence-electron chi connectivity index (χ1n) is 2.35. The number of hydrogen-bond donors (Lipinski definition) is 2. The molecule has 0 heterocycles. The summed E-state index contributed by atoms with van der Waals surface area (Å²) >= 11 is 0. The van der Waals surface area contributed by atoms with Crippen molar-refractivity contribution < 1.29 is 18.0 Å². The van der Waals surface area contributed by atoms with Crippen LogP contribution in [0.2, 0.25) is 0 Å². The predicted octanol–water partition coefficient (Wildman–Crippen LogP) is -0.249. The van der Waals surface area contributed by atoms with Gasteiger partial charge in [-0.15, -0.1) is 0 Å². The highest BCUT2D eigenvalue weighted by molar-refractivity contribution is 5.84.